The van der Waals surface area contributed by atoms with E-state index in [0.29, 0.717) is 6.54 Å². The third kappa shape index (κ3) is 2.62. The van der Waals surface area contributed by atoms with E-state index in [-0.39, 0.29) is 23.1 Å². The molecule has 0 radical (unpaired) electrons. The molecule has 114 valence electrons. The number of rotatable bonds is 4. The molecule has 3 atom stereocenters. The molecule has 1 aromatic carbocycles. The number of halogens is 1. The Labute approximate surface area is 126 Å². The van der Waals surface area contributed by atoms with E-state index < -0.39 is 16.3 Å². The maximum absolute atomic E-state index is 13.1. The lowest BCUT2D eigenvalue weighted by Gasteiger charge is -2.26. The fourth-order valence-corrected chi connectivity index (χ4v) is 3.13. The van der Waals surface area contributed by atoms with E-state index in [1.54, 1.807) is 23.3 Å². The van der Waals surface area contributed by atoms with Crippen LogP contribution >= 0.6 is 0 Å². The van der Waals surface area contributed by atoms with Crippen LogP contribution in [0.15, 0.2) is 24.3 Å². The Bertz CT molecular complexity index is 586. The molecule has 3 rings (SSSR count). The summed E-state index contributed by atoms with van der Waals surface area (Å²) in [5.41, 5.74) is 0.427. The van der Waals surface area contributed by atoms with Crippen LogP contribution in [0.1, 0.15) is 31.5 Å². The summed E-state index contributed by atoms with van der Waals surface area (Å²) in [6, 6.07) is 6.20. The maximum atomic E-state index is 13.1. The molecule has 0 aromatic heterocycles. The lowest BCUT2D eigenvalue weighted by Crippen LogP contribution is -2.38. The minimum Gasteiger partial charge on any atom is -0.320 e. The second-order valence-electron chi connectivity index (χ2n) is 5.95. The quantitative estimate of drug-likeness (QED) is 0.918. The Morgan fingerprint density at radius 3 is 2.57 bits per heavy atom. The van der Waals surface area contributed by atoms with Gasteiger partial charge in [-0.3, -0.25) is 14.3 Å². The number of nitrogens with zero attached hydrogens (tertiary/aromatic N) is 1. The first-order chi connectivity index (χ1) is 9.93. The van der Waals surface area contributed by atoms with Gasteiger partial charge in [0.05, 0.1) is 0 Å². The summed E-state index contributed by atoms with van der Waals surface area (Å²) >= 11 is 0. The topological polar surface area (TPSA) is 49.4 Å². The lowest BCUT2D eigenvalue weighted by molar-refractivity contribution is -0.130. The van der Waals surface area contributed by atoms with Crippen molar-refractivity contribution in [2.24, 2.45) is 0 Å². The second kappa shape index (κ2) is 5.18. The molecule has 1 heterocycles. The molecule has 1 aliphatic carbocycles. The monoisotopic (exact) mass is 310 g/mol. The van der Waals surface area contributed by atoms with E-state index in [2.05, 4.69) is 5.32 Å². The van der Waals surface area contributed by atoms with Gasteiger partial charge in [-0.25, -0.2) is 4.39 Å². The molecule has 6 heteroatoms. The van der Waals surface area contributed by atoms with Crippen LogP contribution in [-0.2, 0) is 15.6 Å². The fraction of sp³-hybridized carbons (Fsp3) is 0.533. The van der Waals surface area contributed by atoms with Crippen molar-refractivity contribution in [2.75, 3.05) is 12.8 Å². The van der Waals surface area contributed by atoms with E-state index in [1.165, 1.54) is 12.1 Å². The number of benzene rings is 1. The molecule has 1 saturated heterocycles. The molecule has 1 aliphatic heterocycles. The van der Waals surface area contributed by atoms with Crippen LogP contribution in [0.2, 0.25) is 0 Å². The molecule has 4 nitrogen and oxygen atoms in total. The minimum atomic E-state index is -0.982. The molecule has 1 aromatic rings. The molecular weight excluding hydrogens is 291 g/mol. The number of carbonyl (C=O) groups is 1. The van der Waals surface area contributed by atoms with Crippen LogP contribution in [0.25, 0.3) is 0 Å². The summed E-state index contributed by atoms with van der Waals surface area (Å²) in [5, 5.41) is 3.29. The number of hydrogen-bond acceptors (Lipinski definition) is 3. The summed E-state index contributed by atoms with van der Waals surface area (Å²) in [7, 11) is -0.982. The average Bonchev–Trinajstić information content (AvgIpc) is 3.18. The third-order valence-corrected chi connectivity index (χ3v) is 5.63. The summed E-state index contributed by atoms with van der Waals surface area (Å²) in [5.74, 6) is -0.215. The van der Waals surface area contributed by atoms with Gasteiger partial charge in [-0.05, 0) is 37.5 Å². The van der Waals surface area contributed by atoms with Crippen LogP contribution in [0, 0.1) is 5.82 Å². The molecule has 2 aliphatic rings. The average molecular weight is 310 g/mol. The molecule has 1 spiro atoms. The van der Waals surface area contributed by atoms with Crippen molar-refractivity contribution in [3.8, 4) is 0 Å². The van der Waals surface area contributed by atoms with Gasteiger partial charge in [0, 0.05) is 28.9 Å². The largest absolute Gasteiger partial charge is 0.320 e. The summed E-state index contributed by atoms with van der Waals surface area (Å²) < 4.78 is 24.7. The lowest BCUT2D eigenvalue weighted by atomic mass is 10.1. The van der Waals surface area contributed by atoms with Crippen LogP contribution in [0.4, 0.5) is 4.39 Å². The predicted octanol–water partition coefficient (Wildman–Crippen LogP) is 1.56. The van der Waals surface area contributed by atoms with E-state index in [9.17, 15) is 13.4 Å². The van der Waals surface area contributed by atoms with E-state index in [0.717, 1.165) is 18.4 Å². The maximum Gasteiger partial charge on any atom is 0.244 e. The Hall–Kier alpha value is -1.27. The molecule has 2 fully saturated rings. The highest BCUT2D eigenvalue weighted by atomic mass is 32.2. The van der Waals surface area contributed by atoms with Gasteiger partial charge in [-0.15, -0.1) is 0 Å². The van der Waals surface area contributed by atoms with Crippen LogP contribution < -0.4 is 5.32 Å². The number of carbonyl (C=O) groups excluding carboxylic acids is 1. The van der Waals surface area contributed by atoms with Crippen molar-refractivity contribution in [3.05, 3.63) is 35.6 Å². The third-order valence-electron chi connectivity index (χ3n) is 4.35. The minimum absolute atomic E-state index is 0.0779. The van der Waals surface area contributed by atoms with Crippen molar-refractivity contribution >= 4 is 16.7 Å². The zero-order valence-electron chi connectivity index (χ0n) is 12.1. The van der Waals surface area contributed by atoms with Crippen molar-refractivity contribution in [1.82, 2.24) is 10.2 Å². The Morgan fingerprint density at radius 1 is 1.43 bits per heavy atom. The highest BCUT2D eigenvalue weighted by molar-refractivity contribution is 7.84. The van der Waals surface area contributed by atoms with Gasteiger partial charge in [-0.1, -0.05) is 12.1 Å². The van der Waals surface area contributed by atoms with E-state index >= 15 is 0 Å². The number of amides is 1. The van der Waals surface area contributed by atoms with Gasteiger partial charge >= 0.3 is 0 Å². The van der Waals surface area contributed by atoms with Crippen LogP contribution in [-0.4, -0.2) is 38.6 Å². The summed E-state index contributed by atoms with van der Waals surface area (Å²) in [6.45, 7) is 2.32. The summed E-state index contributed by atoms with van der Waals surface area (Å²) in [6.07, 6.45) is 3.07. The van der Waals surface area contributed by atoms with Crippen molar-refractivity contribution in [1.29, 1.82) is 0 Å². The first-order valence-electron chi connectivity index (χ1n) is 7.09. The first kappa shape index (κ1) is 14.7. The van der Waals surface area contributed by atoms with Crippen LogP contribution in [0.5, 0.6) is 0 Å². The molecule has 3 unspecified atom stereocenters. The van der Waals surface area contributed by atoms with Gasteiger partial charge in [0.25, 0.3) is 0 Å². The van der Waals surface area contributed by atoms with Crippen molar-refractivity contribution in [2.45, 2.75) is 36.7 Å². The molecule has 1 N–H and O–H groups in total. The predicted molar refractivity (Wildman–Crippen MR) is 79.5 cm³/mol. The van der Waals surface area contributed by atoms with Gasteiger partial charge < -0.3 is 4.90 Å². The van der Waals surface area contributed by atoms with Gasteiger partial charge in [0.15, 0.2) is 0 Å². The van der Waals surface area contributed by atoms with Crippen molar-refractivity contribution < 1.29 is 13.4 Å². The molecule has 0 bridgehead atoms. The van der Waals surface area contributed by atoms with Gasteiger partial charge in [0.2, 0.25) is 5.91 Å². The van der Waals surface area contributed by atoms with Gasteiger partial charge in [0.1, 0.15) is 17.5 Å². The van der Waals surface area contributed by atoms with Gasteiger partial charge in [-0.2, -0.15) is 0 Å². The second-order valence-corrected chi connectivity index (χ2v) is 7.75. The Balaban J connectivity index is 1.87. The number of nitrogens with one attached hydrogen (secondary N) is 1. The first-order valence-corrected chi connectivity index (χ1v) is 8.71. The molecule has 21 heavy (non-hydrogen) atoms. The molecular formula is C15H19FN2O2S. The smallest absolute Gasteiger partial charge is 0.244 e. The fourth-order valence-electron chi connectivity index (χ4n) is 2.76. The Kier molecular flexibility index (Phi) is 3.61. The zero-order chi connectivity index (χ0) is 15.2. The summed E-state index contributed by atoms with van der Waals surface area (Å²) in [4.78, 5) is 14.3. The normalized spacial score (nSPS) is 26.1. The highest BCUT2D eigenvalue weighted by Gasteiger charge is 2.59. The standard InChI is InChI=1S/C15H19FN2O2S/c1-10(21(2)20)9-18-13(11-3-5-12(16)6-4-11)17-15(7-8-15)14(18)19/h3-6,10,13,17H,7-9H2,1-2H3. The van der Waals surface area contributed by atoms with E-state index in [4.69, 9.17) is 0 Å². The number of hydrogen-bond donors (Lipinski definition) is 1. The Morgan fingerprint density at radius 2 is 2.05 bits per heavy atom. The zero-order valence-corrected chi connectivity index (χ0v) is 13.0. The highest BCUT2D eigenvalue weighted by Crippen LogP contribution is 2.46. The SMILES string of the molecule is CC(CN1C(=O)C2(CC2)NC1c1ccc(F)cc1)S(C)=O. The van der Waals surface area contributed by atoms with Crippen molar-refractivity contribution in [3.63, 3.8) is 0 Å². The van der Waals surface area contributed by atoms with E-state index in [1.807, 2.05) is 6.92 Å². The molecule has 1 saturated carbocycles. The van der Waals surface area contributed by atoms with Crippen LogP contribution in [0.3, 0.4) is 0 Å². The molecule has 1 amide bonds.